The van der Waals surface area contributed by atoms with Crippen LogP contribution in [0.1, 0.15) is 5.56 Å². The van der Waals surface area contributed by atoms with Crippen molar-refractivity contribution in [1.82, 2.24) is 15.0 Å². The number of nitrogens with zero attached hydrogens (tertiary/aromatic N) is 4. The van der Waals surface area contributed by atoms with E-state index in [-0.39, 0.29) is 0 Å². The van der Waals surface area contributed by atoms with E-state index < -0.39 is 0 Å². The van der Waals surface area contributed by atoms with Crippen molar-refractivity contribution >= 4 is 21.9 Å². The molecule has 10 aromatic rings. The maximum absolute atomic E-state index is 9.57. The molecule has 0 bridgehead atoms. The molecule has 266 valence electrons. The molecule has 5 heteroatoms. The molecule has 0 aliphatic rings. The first-order valence-corrected chi connectivity index (χ1v) is 18.8. The smallest absolute Gasteiger partial charge is 0.164 e. The standard InChI is InChI=1S/C52H32N4O/c53-33-34-12-7-17-37(28-34)40-20-9-22-42(30-40)50-54-51(43-23-10-21-41(31-43)39-19-8-18-38(29-39)35-13-3-1-4-14-35)56-52(55-50)44-26-27-46-48(32-44)57-47-25-11-24-45(49(46)47)36-15-5-2-6-16-36/h1-32H. The Hall–Kier alpha value is -7.94. The summed E-state index contributed by atoms with van der Waals surface area (Å²) in [4.78, 5) is 15.3. The molecule has 10 rings (SSSR count). The van der Waals surface area contributed by atoms with Crippen molar-refractivity contribution in [3.8, 4) is 84.7 Å². The zero-order valence-corrected chi connectivity index (χ0v) is 30.7. The van der Waals surface area contributed by atoms with E-state index >= 15 is 0 Å². The summed E-state index contributed by atoms with van der Waals surface area (Å²) in [5, 5.41) is 11.7. The van der Waals surface area contributed by atoms with Crippen LogP contribution in [0.3, 0.4) is 0 Å². The Balaban J connectivity index is 1.11. The van der Waals surface area contributed by atoms with E-state index in [4.69, 9.17) is 19.4 Å². The van der Waals surface area contributed by atoms with Crippen molar-refractivity contribution in [3.63, 3.8) is 0 Å². The van der Waals surface area contributed by atoms with Crippen molar-refractivity contribution in [2.45, 2.75) is 0 Å². The number of rotatable bonds is 7. The first-order valence-electron chi connectivity index (χ1n) is 18.8. The third kappa shape index (κ3) is 6.52. The number of hydrogen-bond acceptors (Lipinski definition) is 5. The Labute approximate surface area is 329 Å². The van der Waals surface area contributed by atoms with Crippen molar-refractivity contribution in [3.05, 3.63) is 200 Å². The maximum atomic E-state index is 9.57. The molecular formula is C52H32N4O. The fourth-order valence-corrected chi connectivity index (χ4v) is 7.54. The average molecular weight is 729 g/mol. The van der Waals surface area contributed by atoms with Gasteiger partial charge in [-0.3, -0.25) is 0 Å². The van der Waals surface area contributed by atoms with Crippen LogP contribution in [0.2, 0.25) is 0 Å². The number of furan rings is 1. The van der Waals surface area contributed by atoms with Gasteiger partial charge in [0.05, 0.1) is 11.6 Å². The van der Waals surface area contributed by atoms with E-state index in [9.17, 15) is 5.26 Å². The van der Waals surface area contributed by atoms with Crippen LogP contribution in [0, 0.1) is 11.3 Å². The largest absolute Gasteiger partial charge is 0.456 e. The molecule has 0 saturated heterocycles. The van der Waals surface area contributed by atoms with E-state index in [0.29, 0.717) is 23.0 Å². The Morgan fingerprint density at radius 1 is 0.351 bits per heavy atom. The lowest BCUT2D eigenvalue weighted by Crippen LogP contribution is -2.00. The van der Waals surface area contributed by atoms with Gasteiger partial charge in [-0.15, -0.1) is 0 Å². The number of benzene rings is 8. The number of nitriles is 1. The summed E-state index contributed by atoms with van der Waals surface area (Å²) in [5.41, 5.74) is 13.4. The van der Waals surface area contributed by atoms with Crippen LogP contribution in [-0.2, 0) is 0 Å². The van der Waals surface area contributed by atoms with Gasteiger partial charge in [-0.2, -0.15) is 5.26 Å². The fraction of sp³-hybridized carbons (Fsp3) is 0. The van der Waals surface area contributed by atoms with Crippen LogP contribution in [0.15, 0.2) is 199 Å². The second-order valence-electron chi connectivity index (χ2n) is 14.0. The average Bonchev–Trinajstić information content (AvgIpc) is 3.68. The fourth-order valence-electron chi connectivity index (χ4n) is 7.54. The topological polar surface area (TPSA) is 75.6 Å². The highest BCUT2D eigenvalue weighted by atomic mass is 16.3. The zero-order valence-electron chi connectivity index (χ0n) is 30.7. The molecule has 0 unspecified atom stereocenters. The molecule has 0 radical (unpaired) electrons. The van der Waals surface area contributed by atoms with E-state index in [2.05, 4.69) is 121 Å². The van der Waals surface area contributed by atoms with E-state index in [0.717, 1.165) is 77.6 Å². The van der Waals surface area contributed by atoms with E-state index in [1.165, 1.54) is 5.56 Å². The van der Waals surface area contributed by atoms with E-state index in [1.54, 1.807) is 0 Å². The lowest BCUT2D eigenvalue weighted by Gasteiger charge is -2.11. The Morgan fingerprint density at radius 3 is 1.40 bits per heavy atom. The molecule has 0 saturated carbocycles. The monoisotopic (exact) mass is 728 g/mol. The Morgan fingerprint density at radius 2 is 0.807 bits per heavy atom. The molecule has 57 heavy (non-hydrogen) atoms. The minimum Gasteiger partial charge on any atom is -0.456 e. The normalized spacial score (nSPS) is 11.1. The van der Waals surface area contributed by atoms with Gasteiger partial charge in [-0.05, 0) is 93.0 Å². The van der Waals surface area contributed by atoms with Gasteiger partial charge < -0.3 is 4.42 Å². The number of fused-ring (bicyclic) bond motifs is 3. The van der Waals surface area contributed by atoms with Gasteiger partial charge in [-0.1, -0.05) is 146 Å². The highest BCUT2D eigenvalue weighted by molar-refractivity contribution is 6.13. The van der Waals surface area contributed by atoms with Gasteiger partial charge in [-0.25, -0.2) is 15.0 Å². The SMILES string of the molecule is N#Cc1cccc(-c2cccc(-c3nc(-c4cccc(-c5cccc(-c6ccccc6)c5)c4)nc(-c4ccc5c(c4)oc4cccc(-c6ccccc6)c45)n3)c2)c1. The predicted molar refractivity (Wildman–Crippen MR) is 230 cm³/mol. The van der Waals surface area contributed by atoms with Gasteiger partial charge in [0.2, 0.25) is 0 Å². The molecule has 0 fully saturated rings. The number of hydrogen-bond donors (Lipinski definition) is 0. The van der Waals surface area contributed by atoms with Crippen LogP contribution in [-0.4, -0.2) is 15.0 Å². The van der Waals surface area contributed by atoms with Gasteiger partial charge in [0.1, 0.15) is 11.2 Å². The molecular weight excluding hydrogens is 697 g/mol. The second-order valence-corrected chi connectivity index (χ2v) is 14.0. The lowest BCUT2D eigenvalue weighted by molar-refractivity contribution is 0.669. The predicted octanol–water partition coefficient (Wildman–Crippen LogP) is 13.3. The molecule has 5 nitrogen and oxygen atoms in total. The molecule has 8 aromatic carbocycles. The van der Waals surface area contributed by atoms with Crippen LogP contribution in [0.4, 0.5) is 0 Å². The summed E-state index contributed by atoms with van der Waals surface area (Å²) >= 11 is 0. The van der Waals surface area contributed by atoms with Gasteiger partial charge in [0.25, 0.3) is 0 Å². The summed E-state index contributed by atoms with van der Waals surface area (Å²) in [6.07, 6.45) is 0. The molecule has 0 atom stereocenters. The van der Waals surface area contributed by atoms with Crippen molar-refractivity contribution < 1.29 is 4.42 Å². The van der Waals surface area contributed by atoms with Crippen LogP contribution in [0.5, 0.6) is 0 Å². The second kappa shape index (κ2) is 14.4. The molecule has 0 aliphatic heterocycles. The summed E-state index contributed by atoms with van der Waals surface area (Å²) < 4.78 is 6.50. The molecule has 2 aromatic heterocycles. The first kappa shape index (κ1) is 33.6. The molecule has 0 amide bonds. The molecule has 0 aliphatic carbocycles. The highest BCUT2D eigenvalue weighted by Crippen LogP contribution is 2.39. The lowest BCUT2D eigenvalue weighted by atomic mass is 9.98. The minimum atomic E-state index is 0.536. The molecule has 0 N–H and O–H groups in total. The summed E-state index contributed by atoms with van der Waals surface area (Å²) in [6.45, 7) is 0. The third-order valence-electron chi connectivity index (χ3n) is 10.3. The maximum Gasteiger partial charge on any atom is 0.164 e. The quantitative estimate of drug-likeness (QED) is 0.163. The van der Waals surface area contributed by atoms with Gasteiger partial charge in [0, 0.05) is 27.5 Å². The van der Waals surface area contributed by atoms with Crippen LogP contribution in [0.25, 0.3) is 101 Å². The van der Waals surface area contributed by atoms with Crippen molar-refractivity contribution in [1.29, 1.82) is 5.26 Å². The molecule has 0 spiro atoms. The first-order chi connectivity index (χ1) is 28.2. The van der Waals surface area contributed by atoms with Gasteiger partial charge in [0.15, 0.2) is 17.5 Å². The Kier molecular flexibility index (Phi) is 8.48. The summed E-state index contributed by atoms with van der Waals surface area (Å²) in [5.74, 6) is 1.64. The molecule has 2 heterocycles. The van der Waals surface area contributed by atoms with Crippen molar-refractivity contribution in [2.75, 3.05) is 0 Å². The minimum absolute atomic E-state index is 0.536. The zero-order chi connectivity index (χ0) is 38.1. The summed E-state index contributed by atoms with van der Waals surface area (Å²) in [7, 11) is 0. The number of aromatic nitrogens is 3. The third-order valence-corrected chi connectivity index (χ3v) is 10.3. The van der Waals surface area contributed by atoms with Crippen LogP contribution >= 0.6 is 0 Å². The Bertz CT molecular complexity index is 3140. The van der Waals surface area contributed by atoms with E-state index in [1.807, 2.05) is 78.9 Å². The van der Waals surface area contributed by atoms with Gasteiger partial charge >= 0.3 is 0 Å². The highest BCUT2D eigenvalue weighted by Gasteiger charge is 2.17. The van der Waals surface area contributed by atoms with Crippen molar-refractivity contribution in [2.24, 2.45) is 0 Å². The van der Waals surface area contributed by atoms with Crippen LogP contribution < -0.4 is 0 Å². The summed E-state index contributed by atoms with van der Waals surface area (Å²) in [6, 6.07) is 68.1.